The first kappa shape index (κ1) is 16.1. The van der Waals surface area contributed by atoms with Crippen LogP contribution in [0, 0.1) is 5.92 Å². The molecule has 0 aliphatic rings. The predicted octanol–water partition coefficient (Wildman–Crippen LogP) is 1.50. The lowest BCUT2D eigenvalue weighted by molar-refractivity contribution is -0.124. The van der Waals surface area contributed by atoms with Gasteiger partial charge in [-0.3, -0.25) is 9.59 Å². The van der Waals surface area contributed by atoms with Crippen molar-refractivity contribution in [2.75, 3.05) is 13.1 Å². The molecule has 17 heavy (non-hydrogen) atoms. The molecule has 0 aromatic carbocycles. The van der Waals surface area contributed by atoms with Gasteiger partial charge in [0.1, 0.15) is 0 Å². The second kappa shape index (κ2) is 9.16. The van der Waals surface area contributed by atoms with Crippen molar-refractivity contribution in [3.63, 3.8) is 0 Å². The molecule has 0 saturated carbocycles. The van der Waals surface area contributed by atoms with Crippen molar-refractivity contribution < 1.29 is 9.59 Å². The topological polar surface area (TPSA) is 58.2 Å². The van der Waals surface area contributed by atoms with Gasteiger partial charge < -0.3 is 10.6 Å². The number of ketones is 1. The number of likely N-dealkylation sites (N-methyl/N-ethyl adjacent to an activating group) is 1. The summed E-state index contributed by atoms with van der Waals surface area (Å²) < 4.78 is 0. The van der Waals surface area contributed by atoms with E-state index in [-0.39, 0.29) is 23.7 Å². The third-order valence-corrected chi connectivity index (χ3v) is 2.66. The van der Waals surface area contributed by atoms with Gasteiger partial charge in [-0.25, -0.2) is 0 Å². The van der Waals surface area contributed by atoms with E-state index < -0.39 is 0 Å². The molecule has 100 valence electrons. The fraction of sp³-hybridized carbons (Fsp3) is 0.846. The Hall–Kier alpha value is -0.900. The van der Waals surface area contributed by atoms with Crippen LogP contribution in [-0.2, 0) is 9.59 Å². The Labute approximate surface area is 105 Å². The van der Waals surface area contributed by atoms with Gasteiger partial charge in [0, 0.05) is 19.4 Å². The van der Waals surface area contributed by atoms with Gasteiger partial charge in [0.2, 0.25) is 5.91 Å². The van der Waals surface area contributed by atoms with Gasteiger partial charge in [0.15, 0.2) is 5.78 Å². The number of Topliss-reactive ketones (excluding diaryl/α,β-unsaturated/α-hetero) is 1. The smallest absolute Gasteiger partial charge is 0.216 e. The lowest BCUT2D eigenvalue weighted by Gasteiger charge is -2.18. The maximum atomic E-state index is 11.9. The van der Waals surface area contributed by atoms with Crippen LogP contribution >= 0.6 is 0 Å². The normalized spacial score (nSPS) is 12.5. The minimum absolute atomic E-state index is 0.00601. The van der Waals surface area contributed by atoms with Crippen molar-refractivity contribution in [1.29, 1.82) is 0 Å². The van der Waals surface area contributed by atoms with Crippen molar-refractivity contribution in [3.05, 3.63) is 0 Å². The number of carbonyl (C=O) groups is 2. The number of rotatable bonds is 9. The van der Waals surface area contributed by atoms with Crippen LogP contribution in [0.5, 0.6) is 0 Å². The van der Waals surface area contributed by atoms with E-state index in [9.17, 15) is 9.59 Å². The van der Waals surface area contributed by atoms with E-state index in [0.29, 0.717) is 6.54 Å². The molecular formula is C13H26N2O2. The van der Waals surface area contributed by atoms with Gasteiger partial charge in [0.05, 0.1) is 6.04 Å². The van der Waals surface area contributed by atoms with Gasteiger partial charge in [-0.15, -0.1) is 0 Å². The van der Waals surface area contributed by atoms with Crippen LogP contribution in [0.15, 0.2) is 0 Å². The van der Waals surface area contributed by atoms with Crippen LogP contribution in [0.25, 0.3) is 0 Å². The zero-order valence-electron chi connectivity index (χ0n) is 11.5. The summed E-state index contributed by atoms with van der Waals surface area (Å²) >= 11 is 0. The molecule has 4 nitrogen and oxygen atoms in total. The molecule has 0 fully saturated rings. The van der Waals surface area contributed by atoms with Crippen molar-refractivity contribution in [2.45, 2.75) is 53.0 Å². The summed E-state index contributed by atoms with van der Waals surface area (Å²) in [6, 6.07) is -0.0303. The third-order valence-electron chi connectivity index (χ3n) is 2.66. The molecule has 1 amide bonds. The van der Waals surface area contributed by atoms with Gasteiger partial charge >= 0.3 is 0 Å². The maximum absolute atomic E-state index is 11.9. The molecule has 0 saturated heterocycles. The SMILES string of the molecule is CCNC(CCCCNC(C)=O)C(=O)C(C)C. The Kier molecular flexibility index (Phi) is 8.68. The average molecular weight is 242 g/mol. The lowest BCUT2D eigenvalue weighted by Crippen LogP contribution is -2.39. The van der Waals surface area contributed by atoms with E-state index in [2.05, 4.69) is 10.6 Å². The Bertz CT molecular complexity index is 240. The quantitative estimate of drug-likeness (QED) is 0.602. The van der Waals surface area contributed by atoms with Crippen LogP contribution in [0.1, 0.15) is 47.0 Å². The molecule has 0 aliphatic heterocycles. The second-order valence-corrected chi connectivity index (χ2v) is 4.65. The van der Waals surface area contributed by atoms with Gasteiger partial charge in [-0.2, -0.15) is 0 Å². The summed E-state index contributed by atoms with van der Waals surface area (Å²) in [4.78, 5) is 22.5. The van der Waals surface area contributed by atoms with Gasteiger partial charge in [-0.1, -0.05) is 20.8 Å². The summed E-state index contributed by atoms with van der Waals surface area (Å²) in [5.41, 5.74) is 0. The zero-order chi connectivity index (χ0) is 13.3. The Morgan fingerprint density at radius 3 is 2.29 bits per heavy atom. The first-order valence-electron chi connectivity index (χ1n) is 6.50. The van der Waals surface area contributed by atoms with E-state index in [1.54, 1.807) is 0 Å². The first-order valence-corrected chi connectivity index (χ1v) is 6.50. The standard InChI is InChI=1S/C13H26N2O2/c1-5-14-12(13(17)10(2)3)8-6-7-9-15-11(4)16/h10,12,14H,5-9H2,1-4H3,(H,15,16). The minimum atomic E-state index is -0.0303. The molecule has 1 atom stereocenters. The summed E-state index contributed by atoms with van der Waals surface area (Å²) in [5, 5.41) is 5.99. The summed E-state index contributed by atoms with van der Waals surface area (Å²) in [6.07, 6.45) is 2.73. The molecule has 0 bridgehead atoms. The van der Waals surface area contributed by atoms with Crippen molar-refractivity contribution in [1.82, 2.24) is 10.6 Å². The summed E-state index contributed by atoms with van der Waals surface area (Å²) in [5.74, 6) is 0.368. The van der Waals surface area contributed by atoms with Crippen LogP contribution in [-0.4, -0.2) is 30.8 Å². The molecule has 0 radical (unpaired) electrons. The van der Waals surface area contributed by atoms with Crippen LogP contribution in [0.4, 0.5) is 0 Å². The summed E-state index contributed by atoms with van der Waals surface area (Å²) in [7, 11) is 0. The molecule has 2 N–H and O–H groups in total. The highest BCUT2D eigenvalue weighted by molar-refractivity contribution is 5.85. The maximum Gasteiger partial charge on any atom is 0.216 e. The van der Waals surface area contributed by atoms with Gasteiger partial charge in [-0.05, 0) is 25.8 Å². The molecule has 0 aromatic rings. The Morgan fingerprint density at radius 2 is 1.82 bits per heavy atom. The highest BCUT2D eigenvalue weighted by Gasteiger charge is 2.19. The molecule has 0 rings (SSSR count). The van der Waals surface area contributed by atoms with Crippen molar-refractivity contribution in [2.24, 2.45) is 5.92 Å². The van der Waals surface area contributed by atoms with Crippen molar-refractivity contribution in [3.8, 4) is 0 Å². The molecule has 0 heterocycles. The molecule has 0 spiro atoms. The highest BCUT2D eigenvalue weighted by Crippen LogP contribution is 2.07. The van der Waals surface area contributed by atoms with E-state index in [4.69, 9.17) is 0 Å². The third kappa shape index (κ3) is 7.91. The number of hydrogen-bond acceptors (Lipinski definition) is 3. The number of carbonyl (C=O) groups excluding carboxylic acids is 2. The minimum Gasteiger partial charge on any atom is -0.356 e. The largest absolute Gasteiger partial charge is 0.356 e. The Morgan fingerprint density at radius 1 is 1.18 bits per heavy atom. The van der Waals surface area contributed by atoms with Crippen LogP contribution in [0.3, 0.4) is 0 Å². The summed E-state index contributed by atoms with van der Waals surface area (Å²) in [6.45, 7) is 8.91. The molecule has 0 aliphatic carbocycles. The second-order valence-electron chi connectivity index (χ2n) is 4.65. The molecule has 4 heteroatoms. The number of nitrogens with one attached hydrogen (secondary N) is 2. The highest BCUT2D eigenvalue weighted by atomic mass is 16.1. The van der Waals surface area contributed by atoms with Crippen LogP contribution in [0.2, 0.25) is 0 Å². The lowest BCUT2D eigenvalue weighted by atomic mass is 9.97. The van der Waals surface area contributed by atoms with E-state index in [0.717, 1.165) is 25.8 Å². The number of amides is 1. The van der Waals surface area contributed by atoms with E-state index in [1.165, 1.54) is 6.92 Å². The molecule has 0 aromatic heterocycles. The first-order chi connectivity index (χ1) is 7.99. The fourth-order valence-electron chi connectivity index (χ4n) is 1.73. The van der Waals surface area contributed by atoms with E-state index >= 15 is 0 Å². The number of unbranched alkanes of at least 4 members (excludes halogenated alkanes) is 1. The number of hydrogen-bond donors (Lipinski definition) is 2. The van der Waals surface area contributed by atoms with Crippen LogP contribution < -0.4 is 10.6 Å². The van der Waals surface area contributed by atoms with Gasteiger partial charge in [0.25, 0.3) is 0 Å². The molecular weight excluding hydrogens is 216 g/mol. The fourth-order valence-corrected chi connectivity index (χ4v) is 1.73. The van der Waals surface area contributed by atoms with Crippen molar-refractivity contribution >= 4 is 11.7 Å². The molecule has 1 unspecified atom stereocenters. The Balaban J connectivity index is 3.85. The zero-order valence-corrected chi connectivity index (χ0v) is 11.5. The average Bonchev–Trinajstić information content (AvgIpc) is 2.25. The monoisotopic (exact) mass is 242 g/mol. The van der Waals surface area contributed by atoms with E-state index in [1.807, 2.05) is 20.8 Å². The predicted molar refractivity (Wildman–Crippen MR) is 69.8 cm³/mol.